The number of fused-ring (bicyclic) bond motifs is 1. The van der Waals surface area contributed by atoms with Crippen LogP contribution in [0.2, 0.25) is 0 Å². The van der Waals surface area contributed by atoms with Crippen molar-refractivity contribution in [3.8, 4) is 0 Å². The van der Waals surface area contributed by atoms with Gasteiger partial charge in [-0.2, -0.15) is 0 Å². The Hall–Kier alpha value is -2.28. The van der Waals surface area contributed by atoms with Crippen molar-refractivity contribution in [2.45, 2.75) is 38.6 Å². The van der Waals surface area contributed by atoms with E-state index in [9.17, 15) is 0 Å². The fourth-order valence-electron chi connectivity index (χ4n) is 3.67. The van der Waals surface area contributed by atoms with Crippen molar-refractivity contribution in [1.29, 1.82) is 0 Å². The van der Waals surface area contributed by atoms with Crippen LogP contribution in [0.1, 0.15) is 48.9 Å². The molecule has 0 amide bonds. The molecule has 0 saturated carbocycles. The molecule has 0 bridgehead atoms. The van der Waals surface area contributed by atoms with Gasteiger partial charge in [-0.1, -0.05) is 6.07 Å². The van der Waals surface area contributed by atoms with Crippen LogP contribution in [-0.4, -0.2) is 48.2 Å². The van der Waals surface area contributed by atoms with Gasteiger partial charge in [0.2, 0.25) is 0 Å². The number of piperidine rings is 1. The third-order valence-corrected chi connectivity index (χ3v) is 5.07. The first kappa shape index (κ1) is 15.3. The molecule has 24 heavy (non-hydrogen) atoms. The summed E-state index contributed by atoms with van der Waals surface area (Å²) >= 11 is 0. The van der Waals surface area contributed by atoms with Crippen molar-refractivity contribution >= 4 is 11.0 Å². The molecule has 0 unspecified atom stereocenters. The minimum atomic E-state index is 0.208. The third-order valence-electron chi connectivity index (χ3n) is 5.07. The Morgan fingerprint density at radius 1 is 1.33 bits per heavy atom. The number of hydrogen-bond donors (Lipinski definition) is 1. The van der Waals surface area contributed by atoms with Crippen molar-refractivity contribution in [3.05, 3.63) is 35.4 Å². The Morgan fingerprint density at radius 2 is 2.21 bits per heavy atom. The first-order chi connectivity index (χ1) is 11.6. The van der Waals surface area contributed by atoms with Crippen molar-refractivity contribution in [3.63, 3.8) is 0 Å². The fourth-order valence-corrected chi connectivity index (χ4v) is 3.67. The summed E-state index contributed by atoms with van der Waals surface area (Å²) in [5.41, 5.74) is 3.44. The van der Waals surface area contributed by atoms with Gasteiger partial charge in [0.25, 0.3) is 0 Å². The predicted molar refractivity (Wildman–Crippen MR) is 91.6 cm³/mol. The minimum Gasteiger partial charge on any atom is -0.342 e. The maximum atomic E-state index is 4.82. The molecule has 0 aliphatic carbocycles. The average Bonchev–Trinajstić information content (AvgIpc) is 3.20. The first-order valence-corrected chi connectivity index (χ1v) is 8.54. The summed E-state index contributed by atoms with van der Waals surface area (Å²) in [6.07, 6.45) is 2.33. The van der Waals surface area contributed by atoms with E-state index in [0.717, 1.165) is 42.2 Å². The predicted octanol–water partition coefficient (Wildman–Crippen LogP) is 2.34. The van der Waals surface area contributed by atoms with Gasteiger partial charge < -0.3 is 4.98 Å². The largest absolute Gasteiger partial charge is 0.342 e. The summed E-state index contributed by atoms with van der Waals surface area (Å²) in [5, 5.41) is 11.9. The van der Waals surface area contributed by atoms with Crippen molar-refractivity contribution < 1.29 is 0 Å². The number of aryl methyl sites for hydroxylation is 2. The number of tetrazole rings is 1. The Balaban J connectivity index is 1.56. The zero-order chi connectivity index (χ0) is 16.7. The van der Waals surface area contributed by atoms with Crippen LogP contribution >= 0.6 is 0 Å². The molecule has 1 aliphatic rings. The molecule has 0 spiro atoms. The Morgan fingerprint density at radius 3 is 3.00 bits per heavy atom. The van der Waals surface area contributed by atoms with E-state index in [2.05, 4.69) is 57.5 Å². The van der Waals surface area contributed by atoms with Gasteiger partial charge in [0.05, 0.1) is 17.1 Å². The topological polar surface area (TPSA) is 75.5 Å². The summed E-state index contributed by atoms with van der Waals surface area (Å²) < 4.78 is 1.76. The number of imidazole rings is 1. The molecule has 1 aromatic carbocycles. The highest BCUT2D eigenvalue weighted by Crippen LogP contribution is 2.31. The van der Waals surface area contributed by atoms with E-state index < -0.39 is 0 Å². The van der Waals surface area contributed by atoms with E-state index in [1.54, 1.807) is 4.68 Å². The van der Waals surface area contributed by atoms with Crippen LogP contribution < -0.4 is 0 Å². The molecular formula is C17H23N7. The number of H-pyrrole nitrogens is 1. The standard InChI is InChI=1S/C17H23N7/c1-11-6-7-14-15(9-11)19-16(18-14)13-5-4-8-24(10-13)12(2)17-20-21-22-23(17)3/h6-7,9,12-13H,4-5,8,10H2,1-3H3,(H,18,19)/t12-,13+/m1/s1. The van der Waals surface area contributed by atoms with Crippen LogP contribution in [0.5, 0.6) is 0 Å². The zero-order valence-corrected chi connectivity index (χ0v) is 14.4. The zero-order valence-electron chi connectivity index (χ0n) is 14.4. The number of hydrogen-bond acceptors (Lipinski definition) is 5. The Labute approximate surface area is 141 Å². The third kappa shape index (κ3) is 2.69. The number of aromatic nitrogens is 6. The van der Waals surface area contributed by atoms with Gasteiger partial charge in [0.15, 0.2) is 5.82 Å². The van der Waals surface area contributed by atoms with E-state index >= 15 is 0 Å². The maximum Gasteiger partial charge on any atom is 0.167 e. The number of nitrogens with one attached hydrogen (secondary N) is 1. The quantitative estimate of drug-likeness (QED) is 0.800. The molecule has 4 rings (SSSR count). The van der Waals surface area contributed by atoms with Crippen LogP contribution in [0.3, 0.4) is 0 Å². The van der Waals surface area contributed by atoms with Gasteiger partial charge >= 0.3 is 0 Å². The maximum absolute atomic E-state index is 4.82. The highest BCUT2D eigenvalue weighted by Gasteiger charge is 2.29. The molecule has 0 radical (unpaired) electrons. The molecule has 7 nitrogen and oxygen atoms in total. The first-order valence-electron chi connectivity index (χ1n) is 8.54. The van der Waals surface area contributed by atoms with Gasteiger partial charge in [0, 0.05) is 19.5 Å². The van der Waals surface area contributed by atoms with E-state index in [-0.39, 0.29) is 6.04 Å². The molecule has 1 N–H and O–H groups in total. The Bertz CT molecular complexity index is 850. The molecule has 126 valence electrons. The molecule has 3 heterocycles. The second-order valence-corrected chi connectivity index (χ2v) is 6.81. The summed E-state index contributed by atoms with van der Waals surface area (Å²) in [4.78, 5) is 10.8. The number of aromatic amines is 1. The summed E-state index contributed by atoms with van der Waals surface area (Å²) in [5.74, 6) is 2.44. The highest BCUT2D eigenvalue weighted by atomic mass is 15.5. The van der Waals surface area contributed by atoms with Gasteiger partial charge in [-0.25, -0.2) is 9.67 Å². The van der Waals surface area contributed by atoms with Gasteiger partial charge in [-0.15, -0.1) is 5.10 Å². The van der Waals surface area contributed by atoms with Crippen molar-refractivity contribution in [1.82, 2.24) is 35.1 Å². The van der Waals surface area contributed by atoms with Gasteiger partial charge in [-0.05, 0) is 61.4 Å². The van der Waals surface area contributed by atoms with Crippen LogP contribution in [0.15, 0.2) is 18.2 Å². The van der Waals surface area contributed by atoms with Crippen LogP contribution in [-0.2, 0) is 7.05 Å². The molecule has 1 aliphatic heterocycles. The number of benzene rings is 1. The number of nitrogens with zero attached hydrogens (tertiary/aromatic N) is 6. The lowest BCUT2D eigenvalue weighted by atomic mass is 9.96. The minimum absolute atomic E-state index is 0.208. The van der Waals surface area contributed by atoms with Crippen LogP contribution in [0.25, 0.3) is 11.0 Å². The summed E-state index contributed by atoms with van der Waals surface area (Å²) in [7, 11) is 1.90. The molecule has 1 saturated heterocycles. The van der Waals surface area contributed by atoms with E-state index in [1.165, 1.54) is 12.0 Å². The molecule has 7 heteroatoms. The second kappa shape index (κ2) is 5.98. The second-order valence-electron chi connectivity index (χ2n) is 6.81. The van der Waals surface area contributed by atoms with Gasteiger partial charge in [0.1, 0.15) is 5.82 Å². The fraction of sp³-hybridized carbons (Fsp3) is 0.529. The van der Waals surface area contributed by atoms with Gasteiger partial charge in [-0.3, -0.25) is 4.90 Å². The van der Waals surface area contributed by atoms with Crippen molar-refractivity contribution in [2.24, 2.45) is 7.05 Å². The Kier molecular flexibility index (Phi) is 3.80. The lowest BCUT2D eigenvalue weighted by Crippen LogP contribution is -2.37. The number of likely N-dealkylation sites (tertiary alicyclic amines) is 1. The SMILES string of the molecule is Cc1ccc2nc([C@H]3CCCN([C@H](C)c4nnnn4C)C3)[nH]c2c1. The van der Waals surface area contributed by atoms with E-state index in [4.69, 9.17) is 4.98 Å². The van der Waals surface area contributed by atoms with Crippen molar-refractivity contribution in [2.75, 3.05) is 13.1 Å². The lowest BCUT2D eigenvalue weighted by Gasteiger charge is -2.35. The summed E-state index contributed by atoms with van der Waals surface area (Å²) in [6, 6.07) is 6.59. The molecule has 1 fully saturated rings. The van der Waals surface area contributed by atoms with E-state index in [1.807, 2.05) is 7.05 Å². The molecular weight excluding hydrogens is 302 g/mol. The molecule has 2 aromatic heterocycles. The monoisotopic (exact) mass is 325 g/mol. The van der Waals surface area contributed by atoms with E-state index in [0.29, 0.717) is 5.92 Å². The lowest BCUT2D eigenvalue weighted by molar-refractivity contribution is 0.148. The molecule has 3 aromatic rings. The highest BCUT2D eigenvalue weighted by molar-refractivity contribution is 5.75. The smallest absolute Gasteiger partial charge is 0.167 e. The van der Waals surface area contributed by atoms with Crippen LogP contribution in [0.4, 0.5) is 0 Å². The average molecular weight is 325 g/mol. The molecule has 2 atom stereocenters. The normalized spacial score (nSPS) is 20.5. The number of rotatable bonds is 3. The van der Waals surface area contributed by atoms with Crippen LogP contribution in [0, 0.1) is 6.92 Å². The summed E-state index contributed by atoms with van der Waals surface area (Å²) in [6.45, 7) is 6.34.